The van der Waals surface area contributed by atoms with E-state index in [-0.39, 0.29) is 0 Å². The zero-order valence-electron chi connectivity index (χ0n) is 19.1. The van der Waals surface area contributed by atoms with Gasteiger partial charge < -0.3 is 39.9 Å². The average Bonchev–Trinajstić information content (AvgIpc) is 2.93. The number of aliphatic carboxylic acids is 3. The maximum absolute atomic E-state index is 10.3. The Balaban J connectivity index is 0.000000273. The van der Waals surface area contributed by atoms with Crippen LogP contribution < -0.4 is 10.2 Å². The maximum Gasteiger partial charge on any atom is 0.336 e. The number of para-hydroxylation sites is 2. The van der Waals surface area contributed by atoms with Crippen LogP contribution in [0.4, 0.5) is 5.95 Å². The number of aliphatic hydroxyl groups is 1. The van der Waals surface area contributed by atoms with Gasteiger partial charge in [-0.05, 0) is 32.0 Å². The van der Waals surface area contributed by atoms with Gasteiger partial charge in [-0.15, -0.1) is 0 Å². The van der Waals surface area contributed by atoms with Crippen molar-refractivity contribution in [3.8, 4) is 0 Å². The molecule has 0 aliphatic carbocycles. The molecule has 12 nitrogen and oxygen atoms in total. The number of nitrogens with zero attached hydrogens (tertiary/aromatic N) is 3. The molecule has 1 aromatic heterocycles. The molecule has 0 amide bonds. The third kappa shape index (κ3) is 7.68. The maximum atomic E-state index is 10.3. The van der Waals surface area contributed by atoms with E-state index < -0.39 is 36.4 Å². The molecule has 2 aromatic rings. The summed E-state index contributed by atoms with van der Waals surface area (Å²) < 4.78 is 7.85. The Morgan fingerprint density at radius 1 is 1.09 bits per heavy atom. The van der Waals surface area contributed by atoms with E-state index in [4.69, 9.17) is 30.1 Å². The topological polar surface area (TPSA) is 174 Å². The Hall–Kier alpha value is -3.22. The number of nitrogens with one attached hydrogen (secondary N) is 1. The molecule has 0 bridgehead atoms. The first kappa shape index (κ1) is 27.0. The third-order valence-corrected chi connectivity index (χ3v) is 5.21. The number of fused-ring (bicyclic) bond motifs is 1. The van der Waals surface area contributed by atoms with Crippen LogP contribution in [-0.4, -0.2) is 92.9 Å². The van der Waals surface area contributed by atoms with Crippen molar-refractivity contribution in [3.05, 3.63) is 24.3 Å². The number of ether oxygens (including phenoxy) is 1. The lowest BCUT2D eigenvalue weighted by atomic mass is 9.96. The van der Waals surface area contributed by atoms with Crippen LogP contribution in [0.3, 0.4) is 0 Å². The molecule has 3 rings (SSSR count). The lowest BCUT2D eigenvalue weighted by Crippen LogP contribution is -2.42. The predicted octanol–water partition coefficient (Wildman–Crippen LogP) is 0.624. The Kier molecular flexibility index (Phi) is 10.2. The number of imidazole rings is 1. The molecule has 5 N–H and O–H groups in total. The van der Waals surface area contributed by atoms with E-state index in [1.165, 1.54) is 5.52 Å². The molecule has 34 heavy (non-hydrogen) atoms. The number of benzene rings is 1. The summed E-state index contributed by atoms with van der Waals surface area (Å²) in [6, 6.07) is 8.37. The van der Waals surface area contributed by atoms with E-state index in [2.05, 4.69) is 39.0 Å². The molecule has 1 aromatic carbocycles. The fraction of sp³-hybridized carbons (Fsp3) is 0.545. The number of carboxylic acids is 3. The van der Waals surface area contributed by atoms with Crippen LogP contribution in [0.5, 0.6) is 0 Å². The minimum atomic E-state index is -2.74. The second kappa shape index (κ2) is 12.9. The highest BCUT2D eigenvalue weighted by atomic mass is 16.5. The number of rotatable bonds is 10. The molecular formula is C22H32N4O8. The number of anilines is 1. The molecule has 1 aliphatic heterocycles. The van der Waals surface area contributed by atoms with Crippen molar-refractivity contribution in [2.75, 3.05) is 44.3 Å². The summed E-state index contributed by atoms with van der Waals surface area (Å²) in [6.45, 7) is 8.57. The molecule has 0 spiro atoms. The van der Waals surface area contributed by atoms with Crippen LogP contribution >= 0.6 is 0 Å². The normalized spacial score (nSPS) is 14.2. The average molecular weight is 481 g/mol. The Bertz CT molecular complexity index is 953. The van der Waals surface area contributed by atoms with Gasteiger partial charge in [0.05, 0.1) is 30.5 Å². The quantitative estimate of drug-likeness (QED) is 0.302. The molecule has 188 valence electrons. The second-order valence-electron chi connectivity index (χ2n) is 7.82. The predicted molar refractivity (Wildman–Crippen MR) is 123 cm³/mol. The standard InChI is InChI=1S/C16H24N4O.C6H8O7/c1-2-21-13-12-20-15-7-4-3-6-14(15)18-16(20)19-10-5-8-17-9-11-19;7-3(8)1-6(13,5(11)12)2-4(9)10/h3-4,6-7,17H,2,5,8-13H2,1H3;13H,1-2H2,(H,7,8)(H,9,10)(H,11,12). The highest BCUT2D eigenvalue weighted by Gasteiger charge is 2.40. The van der Waals surface area contributed by atoms with Gasteiger partial charge in [0.1, 0.15) is 0 Å². The molecule has 0 radical (unpaired) electrons. The Morgan fingerprint density at radius 3 is 2.38 bits per heavy atom. The van der Waals surface area contributed by atoms with Gasteiger partial charge in [0.2, 0.25) is 5.95 Å². The van der Waals surface area contributed by atoms with Crippen LogP contribution in [-0.2, 0) is 25.7 Å². The van der Waals surface area contributed by atoms with Gasteiger partial charge in [-0.3, -0.25) is 9.59 Å². The molecule has 0 unspecified atom stereocenters. The van der Waals surface area contributed by atoms with E-state index in [1.54, 1.807) is 0 Å². The minimum Gasteiger partial charge on any atom is -0.481 e. The van der Waals surface area contributed by atoms with Crippen molar-refractivity contribution in [2.45, 2.75) is 38.3 Å². The van der Waals surface area contributed by atoms with Crippen LogP contribution in [0.1, 0.15) is 26.2 Å². The molecule has 1 fully saturated rings. The first-order valence-corrected chi connectivity index (χ1v) is 11.1. The van der Waals surface area contributed by atoms with Crippen molar-refractivity contribution in [2.24, 2.45) is 0 Å². The van der Waals surface area contributed by atoms with E-state index in [0.717, 1.165) is 63.8 Å². The minimum absolute atomic E-state index is 0.732. The summed E-state index contributed by atoms with van der Waals surface area (Å²) in [6.07, 6.45) is -1.13. The zero-order chi connectivity index (χ0) is 25.1. The summed E-state index contributed by atoms with van der Waals surface area (Å²) in [4.78, 5) is 37.7. The van der Waals surface area contributed by atoms with Gasteiger partial charge in [0.25, 0.3) is 0 Å². The fourth-order valence-corrected chi connectivity index (χ4v) is 3.58. The van der Waals surface area contributed by atoms with Gasteiger partial charge in [0.15, 0.2) is 5.60 Å². The molecule has 12 heteroatoms. The molecule has 1 aliphatic rings. The summed E-state index contributed by atoms with van der Waals surface area (Å²) >= 11 is 0. The fourth-order valence-electron chi connectivity index (χ4n) is 3.58. The molecule has 1 saturated heterocycles. The first-order valence-electron chi connectivity index (χ1n) is 11.1. The van der Waals surface area contributed by atoms with Crippen molar-refractivity contribution in [1.82, 2.24) is 14.9 Å². The number of hydrogen-bond acceptors (Lipinski definition) is 8. The zero-order valence-corrected chi connectivity index (χ0v) is 19.1. The molecule has 0 atom stereocenters. The third-order valence-electron chi connectivity index (χ3n) is 5.21. The number of carbonyl (C=O) groups is 3. The summed E-state index contributed by atoms with van der Waals surface area (Å²) in [5.74, 6) is -3.94. The molecular weight excluding hydrogens is 448 g/mol. The lowest BCUT2D eigenvalue weighted by Gasteiger charge is -2.22. The molecule has 0 saturated carbocycles. The Morgan fingerprint density at radius 2 is 1.76 bits per heavy atom. The van der Waals surface area contributed by atoms with Gasteiger partial charge in [0, 0.05) is 32.8 Å². The lowest BCUT2D eigenvalue weighted by molar-refractivity contribution is -0.170. The van der Waals surface area contributed by atoms with Crippen molar-refractivity contribution < 1.29 is 39.5 Å². The highest BCUT2D eigenvalue weighted by Crippen LogP contribution is 2.23. The SMILES string of the molecule is CCOCCn1c(N2CCCNCC2)nc2ccccc21.O=C(O)CC(O)(CC(=O)O)C(=O)O. The summed E-state index contributed by atoms with van der Waals surface area (Å²) in [5, 5.41) is 37.3. The van der Waals surface area contributed by atoms with E-state index in [1.807, 2.05) is 6.92 Å². The van der Waals surface area contributed by atoms with E-state index in [9.17, 15) is 14.4 Å². The van der Waals surface area contributed by atoms with Gasteiger partial charge in [-0.1, -0.05) is 12.1 Å². The number of carboxylic acid groups (broad SMARTS) is 3. The first-order chi connectivity index (χ1) is 16.2. The van der Waals surface area contributed by atoms with Crippen LogP contribution in [0.25, 0.3) is 11.0 Å². The monoisotopic (exact) mass is 480 g/mol. The van der Waals surface area contributed by atoms with Gasteiger partial charge in [-0.25, -0.2) is 9.78 Å². The van der Waals surface area contributed by atoms with Crippen molar-refractivity contribution in [3.63, 3.8) is 0 Å². The summed E-state index contributed by atoms with van der Waals surface area (Å²) in [5.41, 5.74) is -0.469. The van der Waals surface area contributed by atoms with Crippen LogP contribution in [0.15, 0.2) is 24.3 Å². The molecule has 2 heterocycles. The van der Waals surface area contributed by atoms with E-state index >= 15 is 0 Å². The summed E-state index contributed by atoms with van der Waals surface area (Å²) in [7, 11) is 0. The number of hydrogen-bond donors (Lipinski definition) is 5. The smallest absolute Gasteiger partial charge is 0.336 e. The van der Waals surface area contributed by atoms with Crippen molar-refractivity contribution >= 4 is 34.9 Å². The largest absolute Gasteiger partial charge is 0.481 e. The van der Waals surface area contributed by atoms with Gasteiger partial charge >= 0.3 is 17.9 Å². The van der Waals surface area contributed by atoms with Crippen LogP contribution in [0, 0.1) is 0 Å². The Labute approximate surface area is 196 Å². The second-order valence-corrected chi connectivity index (χ2v) is 7.82. The number of aromatic nitrogens is 2. The highest BCUT2D eigenvalue weighted by molar-refractivity contribution is 5.88. The van der Waals surface area contributed by atoms with Crippen LogP contribution in [0.2, 0.25) is 0 Å². The van der Waals surface area contributed by atoms with E-state index in [0.29, 0.717) is 0 Å². The van der Waals surface area contributed by atoms with Crippen molar-refractivity contribution in [1.29, 1.82) is 0 Å². The van der Waals surface area contributed by atoms with Gasteiger partial charge in [-0.2, -0.15) is 0 Å².